The Balaban J connectivity index is 1.23. The molecule has 0 spiro atoms. The third-order valence-electron chi connectivity index (χ3n) is 12.3. The van der Waals surface area contributed by atoms with Crippen LogP contribution in [0.4, 0.5) is 10.1 Å². The highest BCUT2D eigenvalue weighted by molar-refractivity contribution is 6.99. The molecule has 59 heavy (non-hydrogen) atoms. The molecule has 2 aliphatic heterocycles. The van der Waals surface area contributed by atoms with E-state index in [4.69, 9.17) is 9.08 Å². The molecule has 4 atom stereocenters. The number of nitrogens with zero attached hydrogens (tertiary/aromatic N) is 1. The minimum absolute atomic E-state index is 0.172. The van der Waals surface area contributed by atoms with Crippen LogP contribution in [0.2, 0.25) is 11.4 Å². The maximum Gasteiger partial charge on any atom is 0.455 e. The van der Waals surface area contributed by atoms with Crippen LogP contribution in [0, 0.1) is 23.6 Å². The lowest BCUT2D eigenvalue weighted by Crippen LogP contribution is -2.66. The number of benzene rings is 5. The Hall–Kier alpha value is -5.39. The number of fused-ring (bicyclic) bond motifs is 3. The summed E-state index contributed by atoms with van der Waals surface area (Å²) < 4.78 is 28.5. The number of hydrogen-bond donors (Lipinski definition) is 2. The molecule has 300 valence electrons. The minimum atomic E-state index is -3.03. The van der Waals surface area contributed by atoms with Crippen LogP contribution in [0.25, 0.3) is 11.6 Å². The molecule has 8 rings (SSSR count). The zero-order chi connectivity index (χ0) is 41.3. The van der Waals surface area contributed by atoms with Crippen molar-refractivity contribution in [1.82, 2.24) is 0 Å². The predicted octanol–water partition coefficient (Wildman–Crippen LogP) is 8.43. The number of carbonyl (C=O) groups is 2. The minimum Gasteiger partial charge on any atom is -0.505 e. The number of carbonyl (C=O) groups excluding carboxylic acids is 2. The fourth-order valence-corrected chi connectivity index (χ4v) is 14.3. The summed E-state index contributed by atoms with van der Waals surface area (Å²) in [4.78, 5) is 30.3. The Morgan fingerprint density at radius 2 is 1.44 bits per heavy atom. The molecule has 2 saturated heterocycles. The predicted molar refractivity (Wildman–Crippen MR) is 234 cm³/mol. The summed E-state index contributed by atoms with van der Waals surface area (Å²) in [7, 11) is -4.19. The molecule has 7 nitrogen and oxygen atoms in total. The molecule has 2 N–H and O–H groups in total. The number of hydrogen-bond acceptors (Lipinski definition) is 6. The van der Waals surface area contributed by atoms with E-state index in [9.17, 15) is 24.1 Å². The van der Waals surface area contributed by atoms with Crippen molar-refractivity contribution >= 4 is 55.0 Å². The van der Waals surface area contributed by atoms with Crippen LogP contribution in [0.1, 0.15) is 51.2 Å². The standard InChI is InChI=1S/C49H49BFNO6Si/c1-49(2,3)59(38-20-12-6-13-21-38,39-22-14-7-15-23-39)57-32-36-30-40-46(48(55)52(47(40)54)37-18-10-5-11-19-37)41-31-50(56)58-44(45(36)41)27-25-35(34-16-8-4-9-17-34)28-33-24-26-43(53)42(51)29-33/h4-24,26,28-29,40-41,44,46,53,56H,25,27,30-32H2,1-3H3/b35-28-/t40-,41+,44-,46-/m1/s1. The second-order valence-corrected chi connectivity index (χ2v) is 21.2. The van der Waals surface area contributed by atoms with Crippen LogP contribution in [0.5, 0.6) is 5.75 Å². The maximum absolute atomic E-state index is 14.5. The van der Waals surface area contributed by atoms with Crippen molar-refractivity contribution in [3.8, 4) is 5.75 Å². The van der Waals surface area contributed by atoms with Crippen molar-refractivity contribution < 1.29 is 33.2 Å². The summed E-state index contributed by atoms with van der Waals surface area (Å²) in [5.74, 6) is -3.36. The summed E-state index contributed by atoms with van der Waals surface area (Å²) >= 11 is 0. The first-order valence-electron chi connectivity index (χ1n) is 20.4. The quantitative estimate of drug-likeness (QED) is 0.0603. The molecule has 0 radical (unpaired) electrons. The number of para-hydroxylation sites is 1. The highest BCUT2D eigenvalue weighted by Crippen LogP contribution is 2.52. The van der Waals surface area contributed by atoms with Crippen LogP contribution in [0.3, 0.4) is 0 Å². The highest BCUT2D eigenvalue weighted by atomic mass is 28.4. The van der Waals surface area contributed by atoms with Crippen LogP contribution in [-0.4, -0.2) is 50.1 Å². The summed E-state index contributed by atoms with van der Waals surface area (Å²) in [5.41, 5.74) is 4.85. The van der Waals surface area contributed by atoms with Crippen LogP contribution in [0.15, 0.2) is 151 Å². The van der Waals surface area contributed by atoms with Gasteiger partial charge in [0.25, 0.3) is 8.32 Å². The molecule has 3 aliphatic rings. The Morgan fingerprint density at radius 3 is 2.03 bits per heavy atom. The summed E-state index contributed by atoms with van der Waals surface area (Å²) in [5, 5.41) is 23.3. The molecule has 0 unspecified atom stereocenters. The van der Waals surface area contributed by atoms with Crippen LogP contribution in [-0.2, 0) is 18.7 Å². The molecule has 1 aliphatic carbocycles. The fraction of sp³-hybridized carbons (Fsp3) is 0.265. The smallest absolute Gasteiger partial charge is 0.455 e. The summed E-state index contributed by atoms with van der Waals surface area (Å²) in [6, 6.07) is 44.1. The Labute approximate surface area is 347 Å². The molecule has 10 heteroatoms. The van der Waals surface area contributed by atoms with E-state index in [2.05, 4.69) is 69.3 Å². The van der Waals surface area contributed by atoms with Crippen molar-refractivity contribution in [2.45, 2.75) is 57.5 Å². The Morgan fingerprint density at radius 1 is 0.847 bits per heavy atom. The van der Waals surface area contributed by atoms with Gasteiger partial charge < -0.3 is 19.2 Å². The maximum atomic E-state index is 14.5. The first-order chi connectivity index (χ1) is 28.5. The largest absolute Gasteiger partial charge is 0.505 e. The molecule has 5 aromatic rings. The van der Waals surface area contributed by atoms with E-state index in [0.29, 0.717) is 30.5 Å². The molecular formula is C49H49BFNO6Si. The monoisotopic (exact) mass is 805 g/mol. The second kappa shape index (κ2) is 16.7. The third kappa shape index (κ3) is 7.78. The molecule has 2 heterocycles. The van der Waals surface area contributed by atoms with E-state index in [1.54, 1.807) is 18.2 Å². The van der Waals surface area contributed by atoms with Crippen molar-refractivity contribution in [2.75, 3.05) is 11.5 Å². The zero-order valence-corrected chi connectivity index (χ0v) is 34.6. The number of halogens is 1. The lowest BCUT2D eigenvalue weighted by molar-refractivity contribution is -0.122. The van der Waals surface area contributed by atoms with Crippen molar-refractivity contribution in [3.05, 3.63) is 168 Å². The van der Waals surface area contributed by atoms with E-state index in [1.165, 1.54) is 17.0 Å². The molecule has 2 amide bonds. The number of amides is 2. The van der Waals surface area contributed by atoms with E-state index in [1.807, 2.05) is 66.7 Å². The number of phenolic OH excluding ortho intramolecular Hbond substituents is 1. The van der Waals surface area contributed by atoms with Crippen LogP contribution >= 0.6 is 0 Å². The van der Waals surface area contributed by atoms with Gasteiger partial charge in [-0.2, -0.15) is 0 Å². The van der Waals surface area contributed by atoms with Gasteiger partial charge in [-0.15, -0.1) is 0 Å². The average molecular weight is 806 g/mol. The van der Waals surface area contributed by atoms with E-state index >= 15 is 0 Å². The van der Waals surface area contributed by atoms with E-state index in [-0.39, 0.29) is 29.8 Å². The van der Waals surface area contributed by atoms with Crippen molar-refractivity contribution in [3.63, 3.8) is 0 Å². The van der Waals surface area contributed by atoms with Gasteiger partial charge in [-0.3, -0.25) is 14.5 Å². The first kappa shape index (κ1) is 40.4. The SMILES string of the molecule is CC(C)(C)[Si](OCC1=C2[C@@H](CC/C(=C/c3ccc(O)c(F)c3)c3ccccc3)OB(O)C[C@@H]2[C@@H]2C(=O)N(c3ccccc3)C(=O)[C@@H]2C1)(c1ccccc1)c1ccccc1. The van der Waals surface area contributed by atoms with Crippen molar-refractivity contribution in [1.29, 1.82) is 0 Å². The number of rotatable bonds is 11. The number of allylic oxidation sites excluding steroid dienone is 1. The van der Waals surface area contributed by atoms with Crippen LogP contribution < -0.4 is 15.3 Å². The van der Waals surface area contributed by atoms with Gasteiger partial charge in [0.05, 0.1) is 30.2 Å². The molecular weight excluding hydrogens is 756 g/mol. The topological polar surface area (TPSA) is 96.3 Å². The van der Waals surface area contributed by atoms with Gasteiger partial charge >= 0.3 is 7.12 Å². The third-order valence-corrected chi connectivity index (χ3v) is 17.3. The van der Waals surface area contributed by atoms with E-state index < -0.39 is 50.9 Å². The zero-order valence-electron chi connectivity index (χ0n) is 33.6. The normalized spacial score (nSPS) is 21.1. The first-order valence-corrected chi connectivity index (χ1v) is 22.3. The van der Waals surface area contributed by atoms with Gasteiger partial charge in [-0.05, 0) is 99.0 Å². The lowest BCUT2D eigenvalue weighted by Gasteiger charge is -2.46. The van der Waals surface area contributed by atoms with E-state index in [0.717, 1.165) is 32.7 Å². The average Bonchev–Trinajstić information content (AvgIpc) is 3.49. The number of anilines is 1. The van der Waals surface area contributed by atoms with Gasteiger partial charge in [0.1, 0.15) is 0 Å². The fourth-order valence-electron chi connectivity index (χ4n) is 9.74. The summed E-state index contributed by atoms with van der Waals surface area (Å²) in [6.07, 6.45) is 2.73. The van der Waals surface area contributed by atoms with Gasteiger partial charge in [0.2, 0.25) is 11.8 Å². The highest BCUT2D eigenvalue weighted by Gasteiger charge is 2.58. The number of aromatic hydroxyl groups is 1. The van der Waals surface area contributed by atoms with Gasteiger partial charge in [0.15, 0.2) is 11.6 Å². The molecule has 2 fully saturated rings. The Kier molecular flexibility index (Phi) is 11.4. The molecule has 0 bridgehead atoms. The Bertz CT molecular complexity index is 2330. The summed E-state index contributed by atoms with van der Waals surface area (Å²) in [6.45, 7) is 6.91. The van der Waals surface area contributed by atoms with Gasteiger partial charge in [0, 0.05) is 0 Å². The second-order valence-electron chi connectivity index (χ2n) is 16.9. The number of imide groups is 1. The molecule has 0 aromatic heterocycles. The molecule has 5 aromatic carbocycles. The van der Waals surface area contributed by atoms with Gasteiger partial charge in [-0.25, -0.2) is 4.39 Å². The lowest BCUT2D eigenvalue weighted by atomic mass is 9.58. The van der Waals surface area contributed by atoms with Crippen molar-refractivity contribution in [2.24, 2.45) is 17.8 Å². The molecule has 0 saturated carbocycles. The van der Waals surface area contributed by atoms with Gasteiger partial charge in [-0.1, -0.05) is 142 Å². The number of phenols is 1.